The predicted octanol–water partition coefficient (Wildman–Crippen LogP) is 7.72. The van der Waals surface area contributed by atoms with Gasteiger partial charge in [-0.05, 0) is 60.6 Å². The van der Waals surface area contributed by atoms with Crippen molar-refractivity contribution in [1.82, 2.24) is 20.9 Å². The summed E-state index contributed by atoms with van der Waals surface area (Å²) in [6.45, 7) is 7.44. The van der Waals surface area contributed by atoms with Gasteiger partial charge < -0.3 is 35.1 Å². The summed E-state index contributed by atoms with van der Waals surface area (Å²) >= 11 is 0. The maximum atomic E-state index is 14.5. The van der Waals surface area contributed by atoms with E-state index in [9.17, 15) is 24.0 Å². The maximum absolute atomic E-state index is 14.5. The molecule has 0 saturated heterocycles. The van der Waals surface area contributed by atoms with Gasteiger partial charge in [-0.15, -0.1) is 0 Å². The Labute approximate surface area is 340 Å². The summed E-state index contributed by atoms with van der Waals surface area (Å²) in [7, 11) is 0. The van der Waals surface area contributed by atoms with Crippen LogP contribution in [0.4, 0.5) is 14.4 Å². The molecule has 5 rings (SSSR count). The summed E-state index contributed by atoms with van der Waals surface area (Å²) in [5.74, 6) is -1.05. The van der Waals surface area contributed by atoms with Crippen LogP contribution in [-0.2, 0) is 30.4 Å². The molecule has 4 amide bonds. The van der Waals surface area contributed by atoms with E-state index in [2.05, 4.69) is 28.1 Å². The Balaban J connectivity index is 1.29. The van der Waals surface area contributed by atoms with Gasteiger partial charge in [-0.2, -0.15) is 0 Å². The van der Waals surface area contributed by atoms with Crippen molar-refractivity contribution in [3.63, 3.8) is 0 Å². The molecule has 12 heteroatoms. The lowest BCUT2D eigenvalue weighted by atomic mass is 9.95. The van der Waals surface area contributed by atoms with Crippen molar-refractivity contribution in [2.24, 2.45) is 0 Å². The first-order valence-corrected chi connectivity index (χ1v) is 19.8. The highest BCUT2D eigenvalue weighted by molar-refractivity contribution is 5.86. The lowest BCUT2D eigenvalue weighted by Crippen LogP contribution is -2.47. The number of ketones is 1. The third-order valence-electron chi connectivity index (χ3n) is 9.83. The molecule has 3 N–H and O–H groups in total. The van der Waals surface area contributed by atoms with Gasteiger partial charge in [0.2, 0.25) is 0 Å². The van der Waals surface area contributed by atoms with Crippen LogP contribution in [0.5, 0.6) is 0 Å². The molecular weight excluding hydrogens is 737 g/mol. The lowest BCUT2D eigenvalue weighted by molar-refractivity contribution is -0.141. The van der Waals surface area contributed by atoms with E-state index in [1.54, 1.807) is 20.8 Å². The van der Waals surface area contributed by atoms with Crippen LogP contribution in [0.1, 0.15) is 81.0 Å². The number of fused-ring (bicyclic) bond motifs is 3. The Morgan fingerprint density at radius 1 is 0.724 bits per heavy atom. The monoisotopic (exact) mass is 790 g/mol. The van der Waals surface area contributed by atoms with Crippen LogP contribution in [0.3, 0.4) is 0 Å². The molecule has 0 heterocycles. The van der Waals surface area contributed by atoms with Crippen molar-refractivity contribution in [1.29, 1.82) is 0 Å². The van der Waals surface area contributed by atoms with Crippen molar-refractivity contribution in [3.05, 3.63) is 131 Å². The minimum Gasteiger partial charge on any atom is -0.445 e. The van der Waals surface area contributed by atoms with E-state index < -0.39 is 35.9 Å². The zero-order chi connectivity index (χ0) is 41.5. The van der Waals surface area contributed by atoms with Crippen molar-refractivity contribution < 1.29 is 38.2 Å². The van der Waals surface area contributed by atoms with Crippen LogP contribution in [0.25, 0.3) is 11.1 Å². The molecule has 1 aliphatic carbocycles. The number of alkyl carbamates (subject to hydrolysis) is 3. The molecule has 12 nitrogen and oxygen atoms in total. The fraction of sp³-hybridized carbons (Fsp3) is 0.370. The number of nitrogens with one attached hydrogen (secondary N) is 3. The highest BCUT2D eigenvalue weighted by atomic mass is 16.6. The van der Waals surface area contributed by atoms with Crippen LogP contribution in [0, 0.1) is 0 Å². The summed E-state index contributed by atoms with van der Waals surface area (Å²) in [5, 5.41) is 8.04. The standard InChI is InChI=1S/C46H54N4O8/c1-5-33(34-18-10-7-11-19-34)30-50(27-25-35(51)28-48-43(53)56-31-32-16-8-6-9-17-32)42(52)41(24-26-47-45(55)58-46(2,3)4)57-44(54)49-29-40-38-22-14-12-20-36(38)37-21-13-15-23-39(37)40/h6-23,33,40-41H,5,24-31H2,1-4H3,(H,47,55)(H,48,53)(H,49,54)/t33-,41+/m1/s1. The van der Waals surface area contributed by atoms with Crippen LogP contribution in [-0.4, -0.2) is 79.3 Å². The smallest absolute Gasteiger partial charge is 0.407 e. The van der Waals surface area contributed by atoms with Gasteiger partial charge >= 0.3 is 18.3 Å². The fourth-order valence-electron chi connectivity index (χ4n) is 6.94. The number of hydrogen-bond acceptors (Lipinski definition) is 8. The molecule has 2 atom stereocenters. The number of benzene rings is 4. The zero-order valence-corrected chi connectivity index (χ0v) is 33.7. The zero-order valence-electron chi connectivity index (χ0n) is 33.7. The average molecular weight is 791 g/mol. The molecule has 4 aromatic rings. The molecule has 0 unspecified atom stereocenters. The van der Waals surface area contributed by atoms with Gasteiger partial charge in [0.25, 0.3) is 5.91 Å². The van der Waals surface area contributed by atoms with Crippen LogP contribution in [0.15, 0.2) is 109 Å². The molecule has 58 heavy (non-hydrogen) atoms. The first-order valence-electron chi connectivity index (χ1n) is 19.8. The van der Waals surface area contributed by atoms with E-state index in [4.69, 9.17) is 14.2 Å². The van der Waals surface area contributed by atoms with Crippen LogP contribution < -0.4 is 16.0 Å². The van der Waals surface area contributed by atoms with Crippen molar-refractivity contribution in [2.75, 3.05) is 32.7 Å². The van der Waals surface area contributed by atoms with Crippen LogP contribution in [0.2, 0.25) is 0 Å². The van der Waals surface area contributed by atoms with Crippen LogP contribution >= 0.6 is 0 Å². The normalized spacial score (nSPS) is 12.9. The Morgan fingerprint density at radius 3 is 1.95 bits per heavy atom. The molecular formula is C46H54N4O8. The Kier molecular flexibility index (Phi) is 15.4. The van der Waals surface area contributed by atoms with Crippen molar-refractivity contribution in [3.8, 4) is 11.1 Å². The van der Waals surface area contributed by atoms with E-state index in [0.29, 0.717) is 6.42 Å². The third-order valence-corrected chi connectivity index (χ3v) is 9.83. The van der Waals surface area contributed by atoms with E-state index in [1.165, 1.54) is 4.90 Å². The molecule has 306 valence electrons. The molecule has 4 aromatic carbocycles. The third kappa shape index (κ3) is 12.7. The molecule has 0 aliphatic heterocycles. The van der Waals surface area contributed by atoms with Gasteiger partial charge in [-0.1, -0.05) is 116 Å². The van der Waals surface area contributed by atoms with Crippen molar-refractivity contribution >= 4 is 30.0 Å². The molecule has 0 spiro atoms. The SMILES string of the molecule is CC[C@H](CN(CCC(=O)CNC(=O)OCc1ccccc1)C(=O)[C@H](CCNC(=O)OC(C)(C)C)OC(=O)NCC1c2ccccc2-c2ccccc21)c1ccccc1. The van der Waals surface area contributed by atoms with E-state index >= 15 is 0 Å². The van der Waals surface area contributed by atoms with Gasteiger partial charge in [0.05, 0.1) is 6.54 Å². The number of carbonyl (C=O) groups excluding carboxylic acids is 5. The average Bonchev–Trinajstić information content (AvgIpc) is 3.54. The molecule has 0 aromatic heterocycles. The predicted molar refractivity (Wildman–Crippen MR) is 221 cm³/mol. The maximum Gasteiger partial charge on any atom is 0.407 e. The molecule has 0 fully saturated rings. The number of Topliss-reactive ketones (excluding diaryl/α,β-unsaturated/α-hetero) is 1. The summed E-state index contributed by atoms with van der Waals surface area (Å²) in [4.78, 5) is 67.6. The van der Waals surface area contributed by atoms with Crippen molar-refractivity contribution in [2.45, 2.75) is 77.1 Å². The summed E-state index contributed by atoms with van der Waals surface area (Å²) in [6.07, 6.45) is -2.95. The van der Waals surface area contributed by atoms with Gasteiger partial charge in [0.15, 0.2) is 11.9 Å². The van der Waals surface area contributed by atoms with Gasteiger partial charge in [-0.3, -0.25) is 9.59 Å². The van der Waals surface area contributed by atoms with E-state index in [1.807, 2.05) is 104 Å². The summed E-state index contributed by atoms with van der Waals surface area (Å²) < 4.78 is 16.5. The van der Waals surface area contributed by atoms with Gasteiger partial charge in [-0.25, -0.2) is 14.4 Å². The summed E-state index contributed by atoms with van der Waals surface area (Å²) in [5.41, 5.74) is 5.45. The highest BCUT2D eigenvalue weighted by Crippen LogP contribution is 2.44. The second-order valence-electron chi connectivity index (χ2n) is 15.2. The first kappa shape index (κ1) is 43.0. The van der Waals surface area contributed by atoms with Gasteiger partial charge in [0.1, 0.15) is 12.2 Å². The fourth-order valence-corrected chi connectivity index (χ4v) is 6.94. The first-order chi connectivity index (χ1) is 27.9. The summed E-state index contributed by atoms with van der Waals surface area (Å²) in [6, 6.07) is 35.0. The molecule has 0 bridgehead atoms. The Morgan fingerprint density at radius 2 is 1.33 bits per heavy atom. The minimum atomic E-state index is -1.31. The van der Waals surface area contributed by atoms with Gasteiger partial charge in [0, 0.05) is 50.9 Å². The van der Waals surface area contributed by atoms with E-state index in [0.717, 1.165) is 33.4 Å². The number of carbonyl (C=O) groups is 5. The molecule has 1 aliphatic rings. The second-order valence-corrected chi connectivity index (χ2v) is 15.2. The number of nitrogens with zero attached hydrogens (tertiary/aromatic N) is 1. The number of rotatable bonds is 18. The highest BCUT2D eigenvalue weighted by Gasteiger charge is 2.32. The topological polar surface area (TPSA) is 152 Å². The minimum absolute atomic E-state index is 0.00163. The molecule has 0 radical (unpaired) electrons. The second kappa shape index (κ2) is 20.8. The number of hydrogen-bond donors (Lipinski definition) is 3. The number of amides is 4. The Hall–Kier alpha value is -6.17. The largest absolute Gasteiger partial charge is 0.445 e. The lowest BCUT2D eigenvalue weighted by Gasteiger charge is -2.31. The number of ether oxygens (including phenoxy) is 3. The Bertz CT molecular complexity index is 1950. The quantitative estimate of drug-likeness (QED) is 0.0867. The van der Waals surface area contributed by atoms with E-state index in [-0.39, 0.29) is 69.8 Å². The molecule has 0 saturated carbocycles.